The summed E-state index contributed by atoms with van der Waals surface area (Å²) in [6.07, 6.45) is 3.62. The second-order valence-electron chi connectivity index (χ2n) is 5.16. The van der Waals surface area contributed by atoms with Crippen LogP contribution >= 0.6 is 15.9 Å². The maximum absolute atomic E-state index is 3.71. The van der Waals surface area contributed by atoms with Gasteiger partial charge in [-0.3, -0.25) is 0 Å². The van der Waals surface area contributed by atoms with Crippen LogP contribution in [0.1, 0.15) is 43.4 Å². The summed E-state index contributed by atoms with van der Waals surface area (Å²) < 4.78 is 1.16. The highest BCUT2D eigenvalue weighted by Crippen LogP contribution is 2.29. The summed E-state index contributed by atoms with van der Waals surface area (Å²) in [5.41, 5.74) is 3.84. The predicted octanol–water partition coefficient (Wildman–Crippen LogP) is 6.10. The lowest BCUT2D eigenvalue weighted by molar-refractivity contribution is 0.634. The van der Waals surface area contributed by atoms with Crippen LogP contribution in [0.4, 0.5) is 5.69 Å². The second kappa shape index (κ2) is 7.49. The van der Waals surface area contributed by atoms with E-state index in [1.165, 1.54) is 29.7 Å². The highest BCUT2D eigenvalue weighted by Gasteiger charge is 2.12. The minimum absolute atomic E-state index is 0.379. The van der Waals surface area contributed by atoms with Crippen molar-refractivity contribution >= 4 is 21.6 Å². The van der Waals surface area contributed by atoms with Gasteiger partial charge in [-0.1, -0.05) is 72.1 Å². The van der Waals surface area contributed by atoms with Crippen LogP contribution in [0, 0.1) is 6.92 Å². The van der Waals surface area contributed by atoms with E-state index in [4.69, 9.17) is 0 Å². The predicted molar refractivity (Wildman–Crippen MR) is 91.2 cm³/mol. The van der Waals surface area contributed by atoms with E-state index in [-0.39, 0.29) is 0 Å². The number of unbranched alkanes of at least 4 members (excludes halogenated alkanes) is 1. The molecule has 0 radical (unpaired) electrons. The van der Waals surface area contributed by atoms with E-state index >= 15 is 0 Å². The average molecular weight is 332 g/mol. The van der Waals surface area contributed by atoms with Crippen LogP contribution in [-0.4, -0.2) is 0 Å². The Kier molecular flexibility index (Phi) is 5.66. The highest BCUT2D eigenvalue weighted by atomic mass is 79.9. The van der Waals surface area contributed by atoms with Crippen molar-refractivity contribution in [1.82, 2.24) is 0 Å². The van der Waals surface area contributed by atoms with Crippen molar-refractivity contribution in [3.63, 3.8) is 0 Å². The van der Waals surface area contributed by atoms with E-state index < -0.39 is 0 Å². The Labute approximate surface area is 130 Å². The lowest BCUT2D eigenvalue weighted by Crippen LogP contribution is -2.11. The fourth-order valence-corrected chi connectivity index (χ4v) is 2.73. The third-order valence-electron chi connectivity index (χ3n) is 3.65. The zero-order chi connectivity index (χ0) is 14.4. The Balaban J connectivity index is 2.21. The van der Waals surface area contributed by atoms with Gasteiger partial charge in [0.05, 0.1) is 6.04 Å². The molecule has 2 aromatic rings. The molecular weight excluding hydrogens is 310 g/mol. The molecule has 1 atom stereocenters. The molecule has 0 amide bonds. The first-order valence-electron chi connectivity index (χ1n) is 7.29. The van der Waals surface area contributed by atoms with Crippen LogP contribution in [0.2, 0.25) is 0 Å². The molecule has 0 aliphatic rings. The van der Waals surface area contributed by atoms with E-state index in [1.807, 2.05) is 0 Å². The van der Waals surface area contributed by atoms with Gasteiger partial charge < -0.3 is 5.32 Å². The molecule has 0 heterocycles. The van der Waals surface area contributed by atoms with Crippen molar-refractivity contribution in [2.24, 2.45) is 0 Å². The van der Waals surface area contributed by atoms with E-state index in [1.54, 1.807) is 0 Å². The Morgan fingerprint density at radius 3 is 2.50 bits per heavy atom. The number of halogens is 1. The summed E-state index contributed by atoms with van der Waals surface area (Å²) in [7, 11) is 0. The molecule has 2 rings (SSSR count). The summed E-state index contributed by atoms with van der Waals surface area (Å²) >= 11 is 3.60. The van der Waals surface area contributed by atoms with Crippen LogP contribution in [0.5, 0.6) is 0 Å². The van der Waals surface area contributed by atoms with Crippen molar-refractivity contribution < 1.29 is 0 Å². The zero-order valence-electron chi connectivity index (χ0n) is 12.2. The van der Waals surface area contributed by atoms with Gasteiger partial charge in [-0.2, -0.15) is 0 Å². The Morgan fingerprint density at radius 1 is 1.05 bits per heavy atom. The molecule has 1 N–H and O–H groups in total. The molecule has 106 valence electrons. The maximum atomic E-state index is 3.71. The van der Waals surface area contributed by atoms with Crippen molar-refractivity contribution in [2.75, 3.05) is 5.32 Å². The first kappa shape index (κ1) is 15.1. The van der Waals surface area contributed by atoms with Gasteiger partial charge in [-0.05, 0) is 36.6 Å². The van der Waals surface area contributed by atoms with Gasteiger partial charge in [0.2, 0.25) is 0 Å². The van der Waals surface area contributed by atoms with Crippen LogP contribution in [-0.2, 0) is 0 Å². The molecule has 0 aliphatic heterocycles. The van der Waals surface area contributed by atoms with Gasteiger partial charge >= 0.3 is 0 Å². The Hall–Kier alpha value is -1.28. The van der Waals surface area contributed by atoms with Crippen LogP contribution in [0.3, 0.4) is 0 Å². The third-order valence-corrected chi connectivity index (χ3v) is 4.50. The van der Waals surface area contributed by atoms with Crippen molar-refractivity contribution in [3.05, 3.63) is 64.1 Å². The largest absolute Gasteiger partial charge is 0.378 e. The first-order valence-corrected chi connectivity index (χ1v) is 8.08. The molecule has 0 saturated carbocycles. The molecule has 0 aromatic heterocycles. The summed E-state index contributed by atoms with van der Waals surface area (Å²) in [6.45, 7) is 4.39. The topological polar surface area (TPSA) is 12.0 Å². The maximum Gasteiger partial charge on any atom is 0.0513 e. The quantitative estimate of drug-likeness (QED) is 0.674. The summed E-state index contributed by atoms with van der Waals surface area (Å²) in [5, 5.41) is 3.71. The number of nitrogens with one attached hydrogen (secondary N) is 1. The molecular formula is C18H22BrN. The highest BCUT2D eigenvalue weighted by molar-refractivity contribution is 9.10. The average Bonchev–Trinajstić information content (AvgIpc) is 2.48. The number of rotatable bonds is 6. The molecule has 0 fully saturated rings. The van der Waals surface area contributed by atoms with Crippen LogP contribution < -0.4 is 5.32 Å². The molecule has 1 nitrogen and oxygen atoms in total. The summed E-state index contributed by atoms with van der Waals surface area (Å²) in [5.74, 6) is 0. The number of hydrogen-bond donors (Lipinski definition) is 1. The van der Waals surface area contributed by atoms with E-state index in [0.717, 1.165) is 10.9 Å². The SMILES string of the molecule is CCCCC(Nc1cccc(Br)c1C)c1ccccc1. The standard InChI is InChI=1S/C18H22BrN/c1-3-4-12-18(15-9-6-5-7-10-15)20-17-13-8-11-16(19)14(17)2/h5-11,13,18,20H,3-4,12H2,1-2H3. The van der Waals surface area contributed by atoms with Crippen molar-refractivity contribution in [2.45, 2.75) is 39.2 Å². The fourth-order valence-electron chi connectivity index (χ4n) is 2.37. The molecule has 2 heteroatoms. The van der Waals surface area contributed by atoms with Crippen LogP contribution in [0.25, 0.3) is 0 Å². The van der Waals surface area contributed by atoms with Gasteiger partial charge in [0, 0.05) is 10.2 Å². The lowest BCUT2D eigenvalue weighted by atomic mass is 10.0. The molecule has 20 heavy (non-hydrogen) atoms. The summed E-state index contributed by atoms with van der Waals surface area (Å²) in [6, 6.07) is 17.4. The number of anilines is 1. The normalized spacial score (nSPS) is 12.2. The Bertz CT molecular complexity index is 536. The summed E-state index contributed by atoms with van der Waals surface area (Å²) in [4.78, 5) is 0. The Morgan fingerprint density at radius 2 is 1.80 bits per heavy atom. The lowest BCUT2D eigenvalue weighted by Gasteiger charge is -2.22. The first-order chi connectivity index (χ1) is 9.72. The minimum atomic E-state index is 0.379. The van der Waals surface area contributed by atoms with Crippen molar-refractivity contribution in [1.29, 1.82) is 0 Å². The van der Waals surface area contributed by atoms with Gasteiger partial charge in [-0.25, -0.2) is 0 Å². The molecule has 0 saturated heterocycles. The minimum Gasteiger partial charge on any atom is -0.378 e. The van der Waals surface area contributed by atoms with Gasteiger partial charge in [-0.15, -0.1) is 0 Å². The van der Waals surface area contributed by atoms with Crippen LogP contribution in [0.15, 0.2) is 53.0 Å². The van der Waals surface area contributed by atoms with Gasteiger partial charge in [0.25, 0.3) is 0 Å². The smallest absolute Gasteiger partial charge is 0.0513 e. The zero-order valence-corrected chi connectivity index (χ0v) is 13.8. The van der Waals surface area contributed by atoms with Gasteiger partial charge in [0.15, 0.2) is 0 Å². The molecule has 2 aromatic carbocycles. The molecule has 1 unspecified atom stereocenters. The molecule has 0 bridgehead atoms. The number of hydrogen-bond acceptors (Lipinski definition) is 1. The second-order valence-corrected chi connectivity index (χ2v) is 6.02. The third kappa shape index (κ3) is 3.86. The molecule has 0 spiro atoms. The van der Waals surface area contributed by atoms with E-state index in [0.29, 0.717) is 6.04 Å². The van der Waals surface area contributed by atoms with Crippen molar-refractivity contribution in [3.8, 4) is 0 Å². The van der Waals surface area contributed by atoms with Gasteiger partial charge in [0.1, 0.15) is 0 Å². The molecule has 0 aliphatic carbocycles. The van der Waals surface area contributed by atoms with E-state index in [2.05, 4.69) is 83.6 Å². The number of benzene rings is 2. The monoisotopic (exact) mass is 331 g/mol. The fraction of sp³-hybridized carbons (Fsp3) is 0.333. The van der Waals surface area contributed by atoms with E-state index in [9.17, 15) is 0 Å².